The fraction of sp³-hybridized carbons (Fsp3) is 0.0698. The van der Waals surface area contributed by atoms with Crippen molar-refractivity contribution in [1.29, 1.82) is 0 Å². The lowest BCUT2D eigenvalue weighted by Crippen LogP contribution is -2.15. The van der Waals surface area contributed by atoms with Crippen molar-refractivity contribution in [2.45, 2.75) is 19.3 Å². The van der Waals surface area contributed by atoms with Crippen molar-refractivity contribution in [3.05, 3.63) is 145 Å². The average molecular weight is 589 g/mol. The SMILES string of the molecule is CC1(C)c2ccccc2-c2c1cc(-c1cccc3c(-c4ccc5ccc6cccnc6c5n4)cccc13)c1c2oc2ccccc21. The van der Waals surface area contributed by atoms with Gasteiger partial charge in [-0.3, -0.25) is 4.98 Å². The predicted octanol–water partition coefficient (Wildman–Crippen LogP) is 11.5. The molecular formula is C43H28N2O. The van der Waals surface area contributed by atoms with Gasteiger partial charge in [0.2, 0.25) is 0 Å². The highest BCUT2D eigenvalue weighted by molar-refractivity contribution is 6.20. The van der Waals surface area contributed by atoms with Gasteiger partial charge in [-0.2, -0.15) is 0 Å². The van der Waals surface area contributed by atoms with Crippen LogP contribution >= 0.6 is 0 Å². The van der Waals surface area contributed by atoms with E-state index >= 15 is 0 Å². The topological polar surface area (TPSA) is 38.9 Å². The first-order chi connectivity index (χ1) is 22.6. The number of fused-ring (bicyclic) bond motifs is 11. The summed E-state index contributed by atoms with van der Waals surface area (Å²) in [7, 11) is 0. The third kappa shape index (κ3) is 3.37. The van der Waals surface area contributed by atoms with Crippen LogP contribution in [0.4, 0.5) is 0 Å². The van der Waals surface area contributed by atoms with Crippen molar-refractivity contribution in [1.82, 2.24) is 9.97 Å². The second-order valence-corrected chi connectivity index (χ2v) is 12.9. The Morgan fingerprint density at radius 1 is 0.543 bits per heavy atom. The zero-order valence-corrected chi connectivity index (χ0v) is 25.5. The Morgan fingerprint density at radius 2 is 1.24 bits per heavy atom. The molecule has 216 valence electrons. The molecule has 0 aliphatic heterocycles. The first-order valence-electron chi connectivity index (χ1n) is 15.8. The van der Waals surface area contributed by atoms with Gasteiger partial charge in [0, 0.05) is 44.3 Å². The molecule has 0 bridgehead atoms. The molecule has 0 saturated heterocycles. The standard InChI is InChI=1S/C43H28N2O/c1-43(2)34-17-5-3-11-31(34)39-35(43)24-33(38-32-12-4-6-18-37(32)46-42(38)39)29-15-7-14-28-27(29)13-8-16-30(28)36-22-21-26-20-19-25-10-9-23-44-40(25)41(26)45-36/h3-24H,1-2H3. The van der Waals surface area contributed by atoms with Gasteiger partial charge < -0.3 is 4.42 Å². The summed E-state index contributed by atoms with van der Waals surface area (Å²) in [4.78, 5) is 9.91. The highest BCUT2D eigenvalue weighted by Crippen LogP contribution is 2.55. The first kappa shape index (κ1) is 25.5. The van der Waals surface area contributed by atoms with Crippen molar-refractivity contribution in [3.8, 4) is 33.5 Å². The average Bonchev–Trinajstić information content (AvgIpc) is 3.60. The summed E-state index contributed by atoms with van der Waals surface area (Å²) in [6.07, 6.45) is 1.84. The van der Waals surface area contributed by atoms with Gasteiger partial charge in [-0.15, -0.1) is 0 Å². The number of aromatic nitrogens is 2. The quantitative estimate of drug-likeness (QED) is 0.189. The van der Waals surface area contributed by atoms with Gasteiger partial charge >= 0.3 is 0 Å². The molecule has 3 heterocycles. The zero-order chi connectivity index (χ0) is 30.6. The highest BCUT2D eigenvalue weighted by atomic mass is 16.3. The van der Waals surface area contributed by atoms with Crippen LogP contribution in [-0.2, 0) is 5.41 Å². The second-order valence-electron chi connectivity index (χ2n) is 12.9. The molecular weight excluding hydrogens is 560 g/mol. The summed E-state index contributed by atoms with van der Waals surface area (Å²) >= 11 is 0. The van der Waals surface area contributed by atoms with Crippen LogP contribution in [0.25, 0.3) is 88.0 Å². The number of para-hydroxylation sites is 1. The minimum Gasteiger partial charge on any atom is -0.455 e. The van der Waals surface area contributed by atoms with Crippen molar-refractivity contribution in [2.75, 3.05) is 0 Å². The van der Waals surface area contributed by atoms with Gasteiger partial charge in [-0.1, -0.05) is 117 Å². The Labute approximate surface area is 265 Å². The van der Waals surface area contributed by atoms with Crippen LogP contribution in [0.2, 0.25) is 0 Å². The summed E-state index contributed by atoms with van der Waals surface area (Å²) in [5, 5.41) is 6.86. The van der Waals surface area contributed by atoms with E-state index in [1.165, 1.54) is 49.5 Å². The number of hydrogen-bond acceptors (Lipinski definition) is 3. The minimum atomic E-state index is -0.157. The maximum Gasteiger partial charge on any atom is 0.144 e. The molecule has 0 spiro atoms. The van der Waals surface area contributed by atoms with Crippen molar-refractivity contribution < 1.29 is 4.42 Å². The minimum absolute atomic E-state index is 0.157. The molecule has 6 aromatic carbocycles. The normalized spacial score (nSPS) is 13.6. The van der Waals surface area contributed by atoms with Crippen molar-refractivity contribution in [2.24, 2.45) is 0 Å². The lowest BCUT2D eigenvalue weighted by Gasteiger charge is -2.22. The maximum atomic E-state index is 6.77. The molecule has 0 atom stereocenters. The number of furan rings is 1. The Bertz CT molecular complexity index is 2730. The Balaban J connectivity index is 1.27. The Morgan fingerprint density at radius 3 is 2.13 bits per heavy atom. The summed E-state index contributed by atoms with van der Waals surface area (Å²) in [5.41, 5.74) is 13.2. The molecule has 0 unspecified atom stereocenters. The van der Waals surface area contributed by atoms with E-state index in [0.29, 0.717) is 0 Å². The number of rotatable bonds is 2. The third-order valence-electron chi connectivity index (χ3n) is 10.1. The Hall–Kier alpha value is -5.80. The monoisotopic (exact) mass is 588 g/mol. The van der Waals surface area contributed by atoms with Crippen LogP contribution in [0.15, 0.2) is 138 Å². The summed E-state index contributed by atoms with van der Waals surface area (Å²) < 4.78 is 6.77. The van der Waals surface area contributed by atoms with Crippen LogP contribution in [0.3, 0.4) is 0 Å². The van der Waals surface area contributed by atoms with Gasteiger partial charge in [-0.05, 0) is 62.9 Å². The molecule has 0 N–H and O–H groups in total. The van der Waals surface area contributed by atoms with Gasteiger partial charge in [0.1, 0.15) is 11.2 Å². The van der Waals surface area contributed by atoms with Crippen LogP contribution in [-0.4, -0.2) is 9.97 Å². The lowest BCUT2D eigenvalue weighted by atomic mass is 9.80. The number of hydrogen-bond donors (Lipinski definition) is 0. The smallest absolute Gasteiger partial charge is 0.144 e. The molecule has 3 heteroatoms. The maximum absolute atomic E-state index is 6.77. The predicted molar refractivity (Wildman–Crippen MR) is 190 cm³/mol. The third-order valence-corrected chi connectivity index (χ3v) is 10.1. The molecule has 0 amide bonds. The first-order valence-corrected chi connectivity index (χ1v) is 15.8. The molecule has 3 aromatic heterocycles. The van der Waals surface area contributed by atoms with Gasteiger partial charge in [-0.25, -0.2) is 4.98 Å². The van der Waals surface area contributed by atoms with E-state index in [1.807, 2.05) is 12.3 Å². The van der Waals surface area contributed by atoms with E-state index in [4.69, 9.17) is 14.4 Å². The van der Waals surface area contributed by atoms with Crippen LogP contribution in [0.5, 0.6) is 0 Å². The van der Waals surface area contributed by atoms with Crippen molar-refractivity contribution in [3.63, 3.8) is 0 Å². The van der Waals surface area contributed by atoms with E-state index in [0.717, 1.165) is 49.6 Å². The Kier molecular flexibility index (Phi) is 5.06. The lowest BCUT2D eigenvalue weighted by molar-refractivity contribution is 0.653. The largest absolute Gasteiger partial charge is 0.455 e. The van der Waals surface area contributed by atoms with Gasteiger partial charge in [0.05, 0.1) is 16.7 Å². The van der Waals surface area contributed by atoms with E-state index in [-0.39, 0.29) is 5.41 Å². The van der Waals surface area contributed by atoms with E-state index in [2.05, 4.69) is 135 Å². The van der Waals surface area contributed by atoms with E-state index in [9.17, 15) is 0 Å². The molecule has 0 radical (unpaired) electrons. The molecule has 0 fully saturated rings. The van der Waals surface area contributed by atoms with Gasteiger partial charge in [0.25, 0.3) is 0 Å². The highest BCUT2D eigenvalue weighted by Gasteiger charge is 2.38. The van der Waals surface area contributed by atoms with Crippen molar-refractivity contribution >= 4 is 54.5 Å². The number of nitrogens with zero attached hydrogens (tertiary/aromatic N) is 2. The molecule has 0 saturated carbocycles. The van der Waals surface area contributed by atoms with Crippen LogP contribution < -0.4 is 0 Å². The fourth-order valence-electron chi connectivity index (χ4n) is 7.91. The fourth-order valence-corrected chi connectivity index (χ4v) is 7.91. The number of benzene rings is 6. The van der Waals surface area contributed by atoms with Crippen LogP contribution in [0.1, 0.15) is 25.0 Å². The summed E-state index contributed by atoms with van der Waals surface area (Å²) in [5.74, 6) is 0. The van der Waals surface area contributed by atoms with Crippen LogP contribution in [0, 0.1) is 0 Å². The molecule has 46 heavy (non-hydrogen) atoms. The number of pyridine rings is 2. The zero-order valence-electron chi connectivity index (χ0n) is 25.5. The second kappa shape index (κ2) is 9.12. The molecule has 1 aliphatic rings. The summed E-state index contributed by atoms with van der Waals surface area (Å²) in [6, 6.07) is 45.5. The van der Waals surface area contributed by atoms with E-state index < -0.39 is 0 Å². The summed E-state index contributed by atoms with van der Waals surface area (Å²) in [6.45, 7) is 4.67. The molecule has 3 nitrogen and oxygen atoms in total. The molecule has 1 aliphatic carbocycles. The molecule has 10 rings (SSSR count). The molecule has 9 aromatic rings. The van der Waals surface area contributed by atoms with E-state index in [1.54, 1.807) is 0 Å². The van der Waals surface area contributed by atoms with Gasteiger partial charge in [0.15, 0.2) is 0 Å².